The van der Waals surface area contributed by atoms with Gasteiger partial charge in [-0.25, -0.2) is 12.7 Å². The Kier molecular flexibility index (Phi) is 6.78. The molecule has 1 aromatic rings. The molecule has 0 atom stereocenters. The van der Waals surface area contributed by atoms with Gasteiger partial charge in [-0.3, -0.25) is 4.79 Å². The highest BCUT2D eigenvalue weighted by Gasteiger charge is 2.26. The quantitative estimate of drug-likeness (QED) is 0.750. The normalized spacial score (nSPS) is 21.0. The fourth-order valence-corrected chi connectivity index (χ4v) is 5.19. The molecule has 2 saturated heterocycles. The summed E-state index contributed by atoms with van der Waals surface area (Å²) in [7, 11) is 0.976. The predicted molar refractivity (Wildman–Crippen MR) is 112 cm³/mol. The maximum absolute atomic E-state index is 12.8. The standard InChI is InChI=1S/C21H33N3O3S/c1-22-12-10-20(11-13-22)23(2)21(25)19-6-4-17(5-7-19)16-18-8-14-24(15-9-18)28(3,26)27/h4-7,18,20H,8-16H2,1-3H3. The predicted octanol–water partition coefficient (Wildman–Crippen LogP) is 2.07. The van der Waals surface area contributed by atoms with Gasteiger partial charge in [-0.05, 0) is 75.9 Å². The zero-order valence-electron chi connectivity index (χ0n) is 17.3. The molecule has 6 nitrogen and oxygen atoms in total. The molecule has 2 fully saturated rings. The molecule has 0 spiro atoms. The van der Waals surface area contributed by atoms with E-state index in [0.29, 0.717) is 25.0 Å². The number of hydrogen-bond acceptors (Lipinski definition) is 4. The average molecular weight is 408 g/mol. The van der Waals surface area contributed by atoms with Crippen LogP contribution in [0.25, 0.3) is 0 Å². The molecule has 0 N–H and O–H groups in total. The Hall–Kier alpha value is -1.44. The molecule has 1 aromatic carbocycles. The monoisotopic (exact) mass is 407 g/mol. The SMILES string of the molecule is CN1CCC(N(C)C(=O)c2ccc(CC3CCN(S(C)(=O)=O)CC3)cc2)CC1. The first-order chi connectivity index (χ1) is 13.2. The van der Waals surface area contributed by atoms with Gasteiger partial charge in [0.05, 0.1) is 6.26 Å². The van der Waals surface area contributed by atoms with E-state index in [1.807, 2.05) is 24.1 Å². The summed E-state index contributed by atoms with van der Waals surface area (Å²) in [6.07, 6.45) is 6.08. The van der Waals surface area contributed by atoms with Crippen molar-refractivity contribution in [2.24, 2.45) is 5.92 Å². The third-order valence-electron chi connectivity index (χ3n) is 6.32. The number of amides is 1. The van der Waals surface area contributed by atoms with Gasteiger partial charge >= 0.3 is 0 Å². The number of carbonyl (C=O) groups is 1. The van der Waals surface area contributed by atoms with Crippen molar-refractivity contribution in [3.8, 4) is 0 Å². The summed E-state index contributed by atoms with van der Waals surface area (Å²) < 4.78 is 24.8. The first-order valence-corrected chi connectivity index (χ1v) is 12.1. The van der Waals surface area contributed by atoms with Crippen LogP contribution in [0.1, 0.15) is 41.6 Å². The Labute approximate surface area is 169 Å². The highest BCUT2D eigenvalue weighted by Crippen LogP contribution is 2.24. The summed E-state index contributed by atoms with van der Waals surface area (Å²) in [6.45, 7) is 3.31. The maximum atomic E-state index is 12.8. The smallest absolute Gasteiger partial charge is 0.253 e. The third-order valence-corrected chi connectivity index (χ3v) is 7.63. The maximum Gasteiger partial charge on any atom is 0.253 e. The number of hydrogen-bond donors (Lipinski definition) is 0. The topological polar surface area (TPSA) is 60.9 Å². The van der Waals surface area contributed by atoms with Gasteiger partial charge in [-0.15, -0.1) is 0 Å². The molecule has 0 radical (unpaired) electrons. The van der Waals surface area contributed by atoms with Gasteiger partial charge in [0.2, 0.25) is 10.0 Å². The lowest BCUT2D eigenvalue weighted by Gasteiger charge is -2.35. The minimum absolute atomic E-state index is 0.0996. The highest BCUT2D eigenvalue weighted by atomic mass is 32.2. The highest BCUT2D eigenvalue weighted by molar-refractivity contribution is 7.88. The van der Waals surface area contributed by atoms with Crippen LogP contribution in [-0.2, 0) is 16.4 Å². The molecule has 3 rings (SSSR count). The minimum atomic E-state index is -3.07. The van der Waals surface area contributed by atoms with Crippen LogP contribution in [0.5, 0.6) is 0 Å². The molecule has 0 aliphatic carbocycles. The van der Waals surface area contributed by atoms with E-state index in [1.165, 1.54) is 11.8 Å². The van der Waals surface area contributed by atoms with Crippen molar-refractivity contribution in [2.75, 3.05) is 46.5 Å². The van der Waals surface area contributed by atoms with E-state index in [4.69, 9.17) is 0 Å². The van der Waals surface area contributed by atoms with E-state index < -0.39 is 10.0 Å². The molecule has 0 unspecified atom stereocenters. The van der Waals surface area contributed by atoms with Crippen LogP contribution in [0.3, 0.4) is 0 Å². The van der Waals surface area contributed by atoms with Crippen molar-refractivity contribution in [3.63, 3.8) is 0 Å². The van der Waals surface area contributed by atoms with Crippen molar-refractivity contribution >= 4 is 15.9 Å². The lowest BCUT2D eigenvalue weighted by molar-refractivity contribution is 0.0659. The van der Waals surface area contributed by atoms with Crippen LogP contribution >= 0.6 is 0 Å². The zero-order valence-corrected chi connectivity index (χ0v) is 18.1. The van der Waals surface area contributed by atoms with Crippen LogP contribution < -0.4 is 0 Å². The van der Waals surface area contributed by atoms with Gasteiger partial charge in [-0.1, -0.05) is 12.1 Å². The van der Waals surface area contributed by atoms with Gasteiger partial charge in [0, 0.05) is 31.7 Å². The van der Waals surface area contributed by atoms with Gasteiger partial charge < -0.3 is 9.80 Å². The fraction of sp³-hybridized carbons (Fsp3) is 0.667. The Balaban J connectivity index is 1.53. The molecule has 28 heavy (non-hydrogen) atoms. The summed E-state index contributed by atoms with van der Waals surface area (Å²) in [5.41, 5.74) is 1.97. The number of carbonyl (C=O) groups excluding carboxylic acids is 1. The number of piperidine rings is 2. The Bertz CT molecular complexity index is 763. The number of benzene rings is 1. The van der Waals surface area contributed by atoms with Crippen molar-refractivity contribution < 1.29 is 13.2 Å². The molecule has 7 heteroatoms. The van der Waals surface area contributed by atoms with Crippen LogP contribution in [0.2, 0.25) is 0 Å². The summed E-state index contributed by atoms with van der Waals surface area (Å²) >= 11 is 0. The van der Waals surface area contributed by atoms with Gasteiger partial charge in [0.1, 0.15) is 0 Å². The van der Waals surface area contributed by atoms with Gasteiger partial charge in [-0.2, -0.15) is 0 Å². The van der Waals surface area contributed by atoms with E-state index >= 15 is 0 Å². The first-order valence-electron chi connectivity index (χ1n) is 10.2. The van der Waals surface area contributed by atoms with E-state index in [1.54, 1.807) is 4.31 Å². The second-order valence-corrected chi connectivity index (χ2v) is 10.4. The Morgan fingerprint density at radius 3 is 2.14 bits per heavy atom. The van der Waals surface area contributed by atoms with Crippen molar-refractivity contribution in [3.05, 3.63) is 35.4 Å². The van der Waals surface area contributed by atoms with Gasteiger partial charge in [0.15, 0.2) is 0 Å². The second-order valence-electron chi connectivity index (χ2n) is 8.46. The lowest BCUT2D eigenvalue weighted by atomic mass is 9.90. The minimum Gasteiger partial charge on any atom is -0.339 e. The largest absolute Gasteiger partial charge is 0.339 e. The van der Waals surface area contributed by atoms with E-state index in [9.17, 15) is 13.2 Å². The average Bonchev–Trinajstić information content (AvgIpc) is 2.68. The number of likely N-dealkylation sites (tertiary alicyclic amines) is 1. The van der Waals surface area contributed by atoms with Crippen molar-refractivity contribution in [1.29, 1.82) is 0 Å². The van der Waals surface area contributed by atoms with Crippen LogP contribution in [0.4, 0.5) is 0 Å². The van der Waals surface area contributed by atoms with E-state index in [-0.39, 0.29) is 5.91 Å². The van der Waals surface area contributed by atoms with E-state index in [2.05, 4.69) is 24.1 Å². The number of rotatable bonds is 5. The number of sulfonamides is 1. The summed E-state index contributed by atoms with van der Waals surface area (Å²) in [5.74, 6) is 0.601. The van der Waals surface area contributed by atoms with E-state index in [0.717, 1.165) is 50.8 Å². The Morgan fingerprint density at radius 2 is 1.61 bits per heavy atom. The number of nitrogens with zero attached hydrogens (tertiary/aromatic N) is 3. The molecule has 2 aliphatic rings. The third kappa shape index (κ3) is 5.33. The molecular weight excluding hydrogens is 374 g/mol. The molecular formula is C21H33N3O3S. The molecule has 0 bridgehead atoms. The summed E-state index contributed by atoms with van der Waals surface area (Å²) in [5, 5.41) is 0. The second kappa shape index (κ2) is 8.93. The molecule has 1 amide bonds. The lowest BCUT2D eigenvalue weighted by Crippen LogP contribution is -2.44. The van der Waals surface area contributed by atoms with Crippen molar-refractivity contribution in [1.82, 2.24) is 14.1 Å². The molecule has 0 aromatic heterocycles. The van der Waals surface area contributed by atoms with Crippen LogP contribution in [-0.4, -0.2) is 81.0 Å². The molecule has 0 saturated carbocycles. The molecule has 2 aliphatic heterocycles. The van der Waals surface area contributed by atoms with Crippen LogP contribution in [0, 0.1) is 5.92 Å². The van der Waals surface area contributed by atoms with Gasteiger partial charge in [0.25, 0.3) is 5.91 Å². The zero-order chi connectivity index (χ0) is 20.3. The summed E-state index contributed by atoms with van der Waals surface area (Å²) in [6, 6.07) is 8.31. The van der Waals surface area contributed by atoms with Crippen molar-refractivity contribution in [2.45, 2.75) is 38.1 Å². The van der Waals surface area contributed by atoms with Crippen LogP contribution in [0.15, 0.2) is 24.3 Å². The Morgan fingerprint density at radius 1 is 1.04 bits per heavy atom. The first kappa shape index (κ1) is 21.3. The fourth-order valence-electron chi connectivity index (χ4n) is 4.31. The summed E-state index contributed by atoms with van der Waals surface area (Å²) in [4.78, 5) is 17.0. The molecule has 156 valence electrons. The molecule has 2 heterocycles.